The third kappa shape index (κ3) is 3.67. The van der Waals surface area contributed by atoms with Gasteiger partial charge in [-0.1, -0.05) is 30.3 Å². The summed E-state index contributed by atoms with van der Waals surface area (Å²) in [6.07, 6.45) is 3.32. The van der Waals surface area contributed by atoms with Gasteiger partial charge in [-0.15, -0.1) is 0 Å². The van der Waals surface area contributed by atoms with Crippen LogP contribution >= 0.6 is 0 Å². The lowest BCUT2D eigenvalue weighted by Crippen LogP contribution is -2.28. The molecule has 5 heteroatoms. The van der Waals surface area contributed by atoms with E-state index in [4.69, 9.17) is 9.84 Å². The number of methoxy groups -OCH3 is 1. The van der Waals surface area contributed by atoms with Crippen LogP contribution in [0.2, 0.25) is 0 Å². The highest BCUT2D eigenvalue weighted by Gasteiger charge is 2.22. The summed E-state index contributed by atoms with van der Waals surface area (Å²) in [4.78, 5) is 13.7. The maximum Gasteiger partial charge on any atom is 0.305 e. The molecule has 0 saturated heterocycles. The normalized spacial score (nSPS) is 14.9. The average Bonchev–Trinajstić information content (AvgIpc) is 2.80. The first-order valence-corrected chi connectivity index (χ1v) is 8.58. The summed E-state index contributed by atoms with van der Waals surface area (Å²) >= 11 is 0. The molecule has 0 fully saturated rings. The van der Waals surface area contributed by atoms with Crippen LogP contribution in [0.4, 0.5) is 0 Å². The molecule has 0 bridgehead atoms. The summed E-state index contributed by atoms with van der Waals surface area (Å²) in [5.74, 6) is -0.123. The van der Waals surface area contributed by atoms with Gasteiger partial charge in [0.1, 0.15) is 0 Å². The lowest BCUT2D eigenvalue weighted by molar-refractivity contribution is -0.140. The van der Waals surface area contributed by atoms with Gasteiger partial charge in [-0.3, -0.25) is 9.48 Å². The van der Waals surface area contributed by atoms with Crippen molar-refractivity contribution in [2.24, 2.45) is 7.05 Å². The van der Waals surface area contributed by atoms with Crippen molar-refractivity contribution in [3.05, 3.63) is 41.6 Å². The van der Waals surface area contributed by atoms with Crippen LogP contribution in [-0.2, 0) is 29.4 Å². The summed E-state index contributed by atoms with van der Waals surface area (Å²) in [6.45, 7) is 2.95. The summed E-state index contributed by atoms with van der Waals surface area (Å²) in [5, 5.41) is 4.76. The Morgan fingerprint density at radius 3 is 2.71 bits per heavy atom. The van der Waals surface area contributed by atoms with Crippen LogP contribution in [0.3, 0.4) is 0 Å². The van der Waals surface area contributed by atoms with Crippen molar-refractivity contribution in [2.75, 3.05) is 26.7 Å². The van der Waals surface area contributed by atoms with E-state index in [9.17, 15) is 4.79 Å². The Balaban J connectivity index is 1.69. The molecular weight excluding hydrogens is 302 g/mol. The predicted octanol–water partition coefficient (Wildman–Crippen LogP) is 2.44. The first-order valence-electron chi connectivity index (χ1n) is 8.58. The minimum atomic E-state index is -0.123. The van der Waals surface area contributed by atoms with E-state index >= 15 is 0 Å². The number of benzene rings is 1. The molecule has 1 aromatic carbocycles. The molecule has 24 heavy (non-hydrogen) atoms. The number of carbonyl (C=O) groups excluding carboxylic acids is 1. The van der Waals surface area contributed by atoms with Crippen LogP contribution in [0.15, 0.2) is 30.3 Å². The lowest BCUT2D eigenvalue weighted by atomic mass is 10.0. The van der Waals surface area contributed by atoms with E-state index < -0.39 is 0 Å². The Morgan fingerprint density at radius 2 is 1.96 bits per heavy atom. The van der Waals surface area contributed by atoms with Gasteiger partial charge in [-0.2, -0.15) is 5.10 Å². The van der Waals surface area contributed by atoms with E-state index in [-0.39, 0.29) is 5.97 Å². The number of rotatable bonds is 5. The van der Waals surface area contributed by atoms with Gasteiger partial charge in [0.2, 0.25) is 0 Å². The number of aryl methyl sites for hydroxylation is 1. The smallest absolute Gasteiger partial charge is 0.305 e. The third-order valence-corrected chi connectivity index (χ3v) is 4.70. The summed E-state index contributed by atoms with van der Waals surface area (Å²) < 4.78 is 6.73. The quantitative estimate of drug-likeness (QED) is 0.792. The minimum absolute atomic E-state index is 0.123. The first-order chi connectivity index (χ1) is 11.7. The number of hydrogen-bond donors (Lipinski definition) is 0. The third-order valence-electron chi connectivity index (χ3n) is 4.70. The average molecular weight is 327 g/mol. The Labute approximate surface area is 143 Å². The molecule has 128 valence electrons. The maximum atomic E-state index is 11.2. The van der Waals surface area contributed by atoms with E-state index in [0.717, 1.165) is 38.9 Å². The number of ether oxygens (including phenoxy) is 1. The molecule has 0 spiro atoms. The fourth-order valence-corrected chi connectivity index (χ4v) is 3.46. The van der Waals surface area contributed by atoms with Crippen molar-refractivity contribution in [3.8, 4) is 11.3 Å². The number of fused-ring (bicyclic) bond motifs is 1. The molecule has 0 saturated carbocycles. The van der Waals surface area contributed by atoms with Crippen LogP contribution in [0.1, 0.15) is 24.1 Å². The van der Waals surface area contributed by atoms with Gasteiger partial charge < -0.3 is 9.64 Å². The van der Waals surface area contributed by atoms with Gasteiger partial charge in [0, 0.05) is 44.1 Å². The van der Waals surface area contributed by atoms with Gasteiger partial charge in [0.25, 0.3) is 0 Å². The number of hydrogen-bond acceptors (Lipinski definition) is 4. The van der Waals surface area contributed by atoms with E-state index in [2.05, 4.69) is 29.2 Å². The molecule has 2 heterocycles. The molecule has 3 rings (SSSR count). The molecule has 2 aromatic rings. The predicted molar refractivity (Wildman–Crippen MR) is 93.7 cm³/mol. The van der Waals surface area contributed by atoms with Crippen molar-refractivity contribution in [3.63, 3.8) is 0 Å². The zero-order valence-electron chi connectivity index (χ0n) is 14.5. The second-order valence-corrected chi connectivity index (χ2v) is 6.28. The van der Waals surface area contributed by atoms with Gasteiger partial charge in [-0.25, -0.2) is 0 Å². The topological polar surface area (TPSA) is 47.4 Å². The van der Waals surface area contributed by atoms with Crippen LogP contribution in [0.25, 0.3) is 11.3 Å². The van der Waals surface area contributed by atoms with Crippen LogP contribution in [0, 0.1) is 0 Å². The number of aromatic nitrogens is 2. The molecule has 0 amide bonds. The number of nitrogens with zero attached hydrogens (tertiary/aromatic N) is 3. The van der Waals surface area contributed by atoms with Gasteiger partial charge in [0.15, 0.2) is 0 Å². The molecule has 0 radical (unpaired) electrons. The summed E-state index contributed by atoms with van der Waals surface area (Å²) in [6, 6.07) is 10.5. The fraction of sp³-hybridized carbons (Fsp3) is 0.474. The molecule has 1 aliphatic heterocycles. The minimum Gasteiger partial charge on any atom is -0.469 e. The van der Waals surface area contributed by atoms with Crippen LogP contribution in [-0.4, -0.2) is 47.4 Å². The lowest BCUT2D eigenvalue weighted by Gasteiger charge is -2.19. The molecule has 0 atom stereocenters. The second kappa shape index (κ2) is 7.62. The van der Waals surface area contributed by atoms with E-state index in [1.165, 1.54) is 29.6 Å². The van der Waals surface area contributed by atoms with E-state index in [1.54, 1.807) is 0 Å². The molecule has 0 unspecified atom stereocenters. The molecule has 0 aliphatic carbocycles. The molecule has 1 aromatic heterocycles. The van der Waals surface area contributed by atoms with Gasteiger partial charge in [0.05, 0.1) is 18.5 Å². The maximum absolute atomic E-state index is 11.2. The Hall–Kier alpha value is -2.14. The van der Waals surface area contributed by atoms with Crippen molar-refractivity contribution in [1.82, 2.24) is 14.7 Å². The summed E-state index contributed by atoms with van der Waals surface area (Å²) in [5.41, 5.74) is 5.06. The summed E-state index contributed by atoms with van der Waals surface area (Å²) in [7, 11) is 3.48. The Bertz CT molecular complexity index is 694. The molecular formula is C19H25N3O2. The van der Waals surface area contributed by atoms with Crippen molar-refractivity contribution in [2.45, 2.75) is 25.7 Å². The van der Waals surface area contributed by atoms with E-state index in [1.807, 2.05) is 17.8 Å². The Morgan fingerprint density at radius 1 is 1.21 bits per heavy atom. The molecule has 0 N–H and O–H groups in total. The zero-order chi connectivity index (χ0) is 16.9. The highest BCUT2D eigenvalue weighted by atomic mass is 16.5. The first kappa shape index (κ1) is 16.7. The Kier molecular flexibility index (Phi) is 5.30. The van der Waals surface area contributed by atoms with Gasteiger partial charge >= 0.3 is 5.97 Å². The molecule has 1 aliphatic rings. The standard InChI is InChI=1S/C19H25N3O2/c1-21-19(15-7-4-3-5-8-15)16-10-13-22(14-11-17(16)20-21)12-6-9-18(23)24-2/h3-5,7-8H,6,9-14H2,1-2H3. The highest BCUT2D eigenvalue weighted by Crippen LogP contribution is 2.28. The highest BCUT2D eigenvalue weighted by molar-refractivity contribution is 5.69. The zero-order valence-corrected chi connectivity index (χ0v) is 14.5. The fourth-order valence-electron chi connectivity index (χ4n) is 3.46. The van der Waals surface area contributed by atoms with Crippen molar-refractivity contribution < 1.29 is 9.53 Å². The SMILES string of the molecule is COC(=O)CCCN1CCc2nn(C)c(-c3ccccc3)c2CC1. The van der Waals surface area contributed by atoms with E-state index in [0.29, 0.717) is 6.42 Å². The van der Waals surface area contributed by atoms with Crippen molar-refractivity contribution in [1.29, 1.82) is 0 Å². The number of esters is 1. The second-order valence-electron chi connectivity index (χ2n) is 6.28. The monoisotopic (exact) mass is 327 g/mol. The molecule has 5 nitrogen and oxygen atoms in total. The van der Waals surface area contributed by atoms with Gasteiger partial charge in [-0.05, 0) is 19.4 Å². The largest absolute Gasteiger partial charge is 0.469 e. The number of carbonyl (C=O) groups is 1. The van der Waals surface area contributed by atoms with Crippen molar-refractivity contribution >= 4 is 5.97 Å². The van der Waals surface area contributed by atoms with Crippen LogP contribution < -0.4 is 0 Å². The van der Waals surface area contributed by atoms with Crippen LogP contribution in [0.5, 0.6) is 0 Å².